The van der Waals surface area contributed by atoms with Crippen molar-refractivity contribution >= 4 is 15.5 Å². The van der Waals surface area contributed by atoms with Gasteiger partial charge in [-0.2, -0.15) is 0 Å². The smallest absolute Gasteiger partial charge is 0.178 e. The Bertz CT molecular complexity index is 493. The van der Waals surface area contributed by atoms with E-state index in [0.717, 1.165) is 32.8 Å². The highest BCUT2D eigenvalue weighted by Gasteiger charge is 2.16. The Kier molecular flexibility index (Phi) is 4.79. The van der Waals surface area contributed by atoms with Gasteiger partial charge in [-0.15, -0.1) is 0 Å². The van der Waals surface area contributed by atoms with Crippen molar-refractivity contribution in [3.63, 3.8) is 0 Å². The van der Waals surface area contributed by atoms with Crippen LogP contribution in [0.15, 0.2) is 29.2 Å². The fraction of sp³-hybridized carbons (Fsp3) is 0.538. The maximum absolute atomic E-state index is 12.1. The fourth-order valence-electron chi connectivity index (χ4n) is 2.10. The summed E-state index contributed by atoms with van der Waals surface area (Å²) in [7, 11) is -3.19. The third kappa shape index (κ3) is 4.19. The second-order valence-corrected chi connectivity index (χ2v) is 6.80. The first-order chi connectivity index (χ1) is 9.08. The largest absolute Gasteiger partial charge is 0.399 e. The van der Waals surface area contributed by atoms with Gasteiger partial charge in [-0.25, -0.2) is 8.42 Å². The molecule has 1 aliphatic rings. The number of hydrogen-bond donors (Lipinski definition) is 1. The molecule has 0 atom stereocenters. The minimum Gasteiger partial charge on any atom is -0.399 e. The summed E-state index contributed by atoms with van der Waals surface area (Å²) in [5.41, 5.74) is 6.13. The van der Waals surface area contributed by atoms with E-state index in [1.54, 1.807) is 24.3 Å². The SMILES string of the molecule is Nc1ccc(S(=O)(=O)CCCN2CCOCC2)cc1. The molecule has 2 N–H and O–H groups in total. The number of nitrogens with two attached hydrogens (primary N) is 1. The van der Waals surface area contributed by atoms with E-state index in [9.17, 15) is 8.42 Å². The normalized spacial score (nSPS) is 17.5. The Morgan fingerprint density at radius 3 is 2.42 bits per heavy atom. The molecule has 1 aliphatic heterocycles. The number of morpholine rings is 1. The van der Waals surface area contributed by atoms with Crippen LogP contribution in [0.4, 0.5) is 5.69 Å². The van der Waals surface area contributed by atoms with Crippen LogP contribution < -0.4 is 5.73 Å². The number of hydrogen-bond acceptors (Lipinski definition) is 5. The van der Waals surface area contributed by atoms with Gasteiger partial charge < -0.3 is 10.5 Å². The average Bonchev–Trinajstić information content (AvgIpc) is 2.40. The second kappa shape index (κ2) is 6.36. The van der Waals surface area contributed by atoms with Crippen LogP contribution in [0, 0.1) is 0 Å². The van der Waals surface area contributed by atoms with Gasteiger partial charge in [0.15, 0.2) is 9.84 Å². The number of anilines is 1. The number of rotatable bonds is 5. The lowest BCUT2D eigenvalue weighted by molar-refractivity contribution is 0.0381. The summed E-state index contributed by atoms with van der Waals surface area (Å²) in [5, 5.41) is 0. The molecule has 0 bridgehead atoms. The fourth-order valence-corrected chi connectivity index (χ4v) is 3.39. The quantitative estimate of drug-likeness (QED) is 0.808. The third-order valence-electron chi connectivity index (χ3n) is 3.23. The van der Waals surface area contributed by atoms with Gasteiger partial charge in [-0.05, 0) is 37.2 Å². The molecule has 0 spiro atoms. The lowest BCUT2D eigenvalue weighted by atomic mass is 10.3. The molecule has 0 aliphatic carbocycles. The predicted octanol–water partition coefficient (Wildman–Crippen LogP) is 0.765. The number of sulfone groups is 1. The molecule has 1 aromatic carbocycles. The van der Waals surface area contributed by atoms with Gasteiger partial charge in [0.1, 0.15) is 0 Å². The van der Waals surface area contributed by atoms with E-state index in [4.69, 9.17) is 10.5 Å². The summed E-state index contributed by atoms with van der Waals surface area (Å²) >= 11 is 0. The zero-order chi connectivity index (χ0) is 13.7. The van der Waals surface area contributed by atoms with Gasteiger partial charge in [0.2, 0.25) is 0 Å². The van der Waals surface area contributed by atoms with Crippen molar-refractivity contribution in [1.29, 1.82) is 0 Å². The Balaban J connectivity index is 1.85. The number of nitrogens with zero attached hydrogens (tertiary/aromatic N) is 1. The molecular formula is C13H20N2O3S. The molecule has 0 aromatic heterocycles. The lowest BCUT2D eigenvalue weighted by Gasteiger charge is -2.26. The van der Waals surface area contributed by atoms with Crippen LogP contribution in [0.2, 0.25) is 0 Å². The van der Waals surface area contributed by atoms with Crippen LogP contribution >= 0.6 is 0 Å². The van der Waals surface area contributed by atoms with Crippen LogP contribution in [0.25, 0.3) is 0 Å². The summed E-state index contributed by atoms with van der Waals surface area (Å²) in [4.78, 5) is 2.59. The summed E-state index contributed by atoms with van der Waals surface area (Å²) < 4.78 is 29.5. The van der Waals surface area contributed by atoms with Crippen molar-refractivity contribution < 1.29 is 13.2 Å². The number of benzene rings is 1. The molecule has 2 rings (SSSR count). The topological polar surface area (TPSA) is 72.6 Å². The lowest BCUT2D eigenvalue weighted by Crippen LogP contribution is -2.37. The minimum atomic E-state index is -3.19. The first kappa shape index (κ1) is 14.3. The van der Waals surface area contributed by atoms with Gasteiger partial charge in [0.25, 0.3) is 0 Å². The van der Waals surface area contributed by atoms with Gasteiger partial charge in [0.05, 0.1) is 23.9 Å². The Morgan fingerprint density at radius 2 is 1.79 bits per heavy atom. The molecule has 0 amide bonds. The van der Waals surface area contributed by atoms with E-state index in [1.807, 2.05) is 0 Å². The minimum absolute atomic E-state index is 0.175. The molecule has 6 heteroatoms. The monoisotopic (exact) mass is 284 g/mol. The maximum Gasteiger partial charge on any atom is 0.178 e. The summed E-state index contributed by atoms with van der Waals surface area (Å²) in [5.74, 6) is 0.175. The highest BCUT2D eigenvalue weighted by molar-refractivity contribution is 7.91. The molecular weight excluding hydrogens is 264 g/mol. The van der Waals surface area contributed by atoms with Crippen molar-refractivity contribution in [1.82, 2.24) is 4.90 Å². The van der Waals surface area contributed by atoms with Crippen LogP contribution in [0.5, 0.6) is 0 Å². The molecule has 0 unspecified atom stereocenters. The Hall–Kier alpha value is -1.11. The Labute approximate surface area is 114 Å². The van der Waals surface area contributed by atoms with E-state index < -0.39 is 9.84 Å². The molecule has 0 radical (unpaired) electrons. The van der Waals surface area contributed by atoms with Crippen molar-refractivity contribution in [2.75, 3.05) is 44.3 Å². The summed E-state index contributed by atoms with van der Waals surface area (Å²) in [6.07, 6.45) is 0.646. The van der Waals surface area contributed by atoms with Crippen LogP contribution in [0.1, 0.15) is 6.42 Å². The second-order valence-electron chi connectivity index (χ2n) is 4.70. The molecule has 0 saturated carbocycles. The first-order valence-corrected chi connectivity index (χ1v) is 8.11. The summed E-state index contributed by atoms with van der Waals surface area (Å²) in [6, 6.07) is 6.38. The highest BCUT2D eigenvalue weighted by Crippen LogP contribution is 2.14. The van der Waals surface area contributed by atoms with Crippen molar-refractivity contribution in [3.05, 3.63) is 24.3 Å². The van der Waals surface area contributed by atoms with E-state index in [1.165, 1.54) is 0 Å². The van der Waals surface area contributed by atoms with Gasteiger partial charge in [-0.1, -0.05) is 0 Å². The molecule has 106 valence electrons. The molecule has 1 heterocycles. The summed E-state index contributed by atoms with van der Waals surface area (Å²) in [6.45, 7) is 4.07. The maximum atomic E-state index is 12.1. The Morgan fingerprint density at radius 1 is 1.16 bits per heavy atom. The highest BCUT2D eigenvalue weighted by atomic mass is 32.2. The van der Waals surface area contributed by atoms with Crippen LogP contribution in [0.3, 0.4) is 0 Å². The van der Waals surface area contributed by atoms with Crippen molar-refractivity contribution in [2.24, 2.45) is 0 Å². The van der Waals surface area contributed by atoms with Crippen molar-refractivity contribution in [3.8, 4) is 0 Å². The number of nitrogen functional groups attached to an aromatic ring is 1. The van der Waals surface area contributed by atoms with E-state index in [0.29, 0.717) is 17.0 Å². The van der Waals surface area contributed by atoms with Crippen LogP contribution in [-0.4, -0.2) is 51.9 Å². The van der Waals surface area contributed by atoms with Crippen molar-refractivity contribution in [2.45, 2.75) is 11.3 Å². The van der Waals surface area contributed by atoms with E-state index in [2.05, 4.69) is 4.90 Å². The zero-order valence-electron chi connectivity index (χ0n) is 10.9. The van der Waals surface area contributed by atoms with Gasteiger partial charge in [-0.3, -0.25) is 4.90 Å². The van der Waals surface area contributed by atoms with Crippen LogP contribution in [-0.2, 0) is 14.6 Å². The molecule has 5 nitrogen and oxygen atoms in total. The van der Waals surface area contributed by atoms with E-state index >= 15 is 0 Å². The third-order valence-corrected chi connectivity index (χ3v) is 5.05. The van der Waals surface area contributed by atoms with Gasteiger partial charge in [0, 0.05) is 18.8 Å². The molecule has 1 saturated heterocycles. The van der Waals surface area contributed by atoms with E-state index in [-0.39, 0.29) is 5.75 Å². The average molecular weight is 284 g/mol. The predicted molar refractivity (Wildman–Crippen MR) is 74.8 cm³/mol. The number of ether oxygens (including phenoxy) is 1. The first-order valence-electron chi connectivity index (χ1n) is 6.46. The van der Waals surface area contributed by atoms with Gasteiger partial charge >= 0.3 is 0 Å². The molecule has 1 fully saturated rings. The standard InChI is InChI=1S/C13H20N2O3S/c14-12-2-4-13(5-3-12)19(16,17)11-1-6-15-7-9-18-10-8-15/h2-5H,1,6-11,14H2. The molecule has 1 aromatic rings. The molecule has 19 heavy (non-hydrogen) atoms. The zero-order valence-corrected chi connectivity index (χ0v) is 11.7.